The number of nitrogens with one attached hydrogen (secondary N) is 5. The van der Waals surface area contributed by atoms with Crippen molar-refractivity contribution in [2.45, 2.75) is 70.2 Å². The molecule has 9 heterocycles. The van der Waals surface area contributed by atoms with Crippen LogP contribution in [0.1, 0.15) is 114 Å². The molecule has 7 aromatic heterocycles. The van der Waals surface area contributed by atoms with Gasteiger partial charge in [-0.15, -0.1) is 56.7 Å². The number of nitrogens with zero attached hydrogens (tertiary/aromatic N) is 9. The van der Waals surface area contributed by atoms with Crippen LogP contribution in [-0.2, 0) is 30.5 Å². The number of carboxylic acids is 2. The predicted octanol–water partition coefficient (Wildman–Crippen LogP) is 7.42. The summed E-state index contributed by atoms with van der Waals surface area (Å²) in [4.78, 5) is 144. The van der Waals surface area contributed by atoms with Crippen molar-refractivity contribution in [3.8, 4) is 43.4 Å². The largest absolute Gasteiger partial charge is 0.481 e. The highest BCUT2D eigenvalue weighted by molar-refractivity contribution is 7.16. The van der Waals surface area contributed by atoms with Crippen LogP contribution in [0.25, 0.3) is 43.4 Å². The number of aryl methyl sites for hydroxylation is 1. The maximum absolute atomic E-state index is 14.3. The Morgan fingerprint density at radius 3 is 2.22 bits per heavy atom. The third kappa shape index (κ3) is 14.4. The van der Waals surface area contributed by atoms with Gasteiger partial charge in [0.25, 0.3) is 17.7 Å². The fourth-order valence-corrected chi connectivity index (χ4v) is 14.6. The summed E-state index contributed by atoms with van der Waals surface area (Å²) in [6.45, 7) is 1.60. The molecular weight excluding hydrogens is 1240 g/mol. The molecule has 0 radical (unpaired) electrons. The summed E-state index contributed by atoms with van der Waals surface area (Å²) >= 11 is 6.80. The lowest BCUT2D eigenvalue weighted by Gasteiger charge is -2.34. The Balaban J connectivity index is 1.04. The number of likely N-dealkylation sites (tertiary alicyclic amines) is 1. The Morgan fingerprint density at radius 1 is 0.747 bits per heavy atom. The fourth-order valence-electron chi connectivity index (χ4n) is 9.38. The number of aromatic nitrogens is 7. The average Bonchev–Trinajstić information content (AvgIpc) is 4.24. The maximum atomic E-state index is 14.3. The van der Waals surface area contributed by atoms with Crippen molar-refractivity contribution in [3.63, 3.8) is 0 Å². The van der Waals surface area contributed by atoms with E-state index in [-0.39, 0.29) is 85.0 Å². The molecule has 8 N–H and O–H groups in total. The third-order valence-electron chi connectivity index (χ3n) is 13.9. The lowest BCUT2D eigenvalue weighted by atomic mass is 9.97. The summed E-state index contributed by atoms with van der Waals surface area (Å²) in [6, 6.07) is 9.59. The molecule has 8 aromatic rings. The number of pyridine rings is 1. The van der Waals surface area contributed by atoms with Crippen LogP contribution in [0.15, 0.2) is 64.0 Å². The summed E-state index contributed by atoms with van der Waals surface area (Å²) in [5.41, 5.74) is 2.22. The van der Waals surface area contributed by atoms with Gasteiger partial charge in [0.15, 0.2) is 5.13 Å². The molecule has 10 bridgehead atoms. The van der Waals surface area contributed by atoms with Gasteiger partial charge in [0.2, 0.25) is 11.8 Å². The molecule has 2 aliphatic heterocycles. The van der Waals surface area contributed by atoms with E-state index in [1.165, 1.54) is 41.7 Å². The van der Waals surface area contributed by atoms with Crippen LogP contribution in [0.5, 0.6) is 0 Å². The number of carbonyl (C=O) groups excluding carboxylic acids is 6. The first kappa shape index (κ1) is 61.7. The van der Waals surface area contributed by atoms with Crippen molar-refractivity contribution in [1.29, 1.82) is 0 Å². The average molecular weight is 1300 g/mol. The van der Waals surface area contributed by atoms with Gasteiger partial charge in [-0.25, -0.2) is 39.7 Å². The molecule has 26 nitrogen and oxygen atoms in total. The quantitative estimate of drug-likeness (QED) is 0.0491. The first-order valence-electron chi connectivity index (χ1n) is 26.9. The molecule has 2 aliphatic rings. The number of carbonyl (C=O) groups is 8. The van der Waals surface area contributed by atoms with E-state index in [1.807, 2.05) is 0 Å². The molecule has 7 amide bonds. The van der Waals surface area contributed by atoms with E-state index in [2.05, 4.69) is 36.6 Å². The SMILES string of the molecule is CNC(=O)C[C@@H]1NC(=O)c2csc(n2)-c2ccc(-c3nc(N(CCCCC(=O)O)C(=O)N4CCC(C(=O)O)CC4)cs3)nc2-c2csc(n2)-c2csc(n2)[C@H]([C@@H](O)c2ccccc2)NC(=O)CNC(=O)c2nc(sc2COC)NC(=O)c2nc1sc2C. The van der Waals surface area contributed by atoms with Crippen molar-refractivity contribution in [2.75, 3.05) is 50.6 Å². The van der Waals surface area contributed by atoms with Crippen LogP contribution in [0.2, 0.25) is 0 Å². The Morgan fingerprint density at radius 2 is 1.47 bits per heavy atom. The van der Waals surface area contributed by atoms with Gasteiger partial charge >= 0.3 is 18.0 Å². The minimum Gasteiger partial charge on any atom is -0.481 e. The van der Waals surface area contributed by atoms with Crippen molar-refractivity contribution >= 4 is 126 Å². The van der Waals surface area contributed by atoms with E-state index in [4.69, 9.17) is 29.7 Å². The molecule has 1 aromatic carbocycles. The molecule has 0 saturated carbocycles. The minimum absolute atomic E-state index is 0.0139. The maximum Gasteiger partial charge on any atom is 0.325 e. The Bertz CT molecular complexity index is 3890. The lowest BCUT2D eigenvalue weighted by Crippen LogP contribution is -2.48. The van der Waals surface area contributed by atoms with Crippen LogP contribution in [0.4, 0.5) is 15.7 Å². The zero-order valence-corrected chi connectivity index (χ0v) is 51.3. The number of aliphatic hydroxyl groups excluding tert-OH is 1. The van der Waals surface area contributed by atoms with E-state index < -0.39 is 78.2 Å². The smallest absolute Gasteiger partial charge is 0.325 e. The number of urea groups is 1. The second kappa shape index (κ2) is 27.6. The highest BCUT2D eigenvalue weighted by Crippen LogP contribution is 2.40. The third-order valence-corrected chi connectivity index (χ3v) is 19.4. The number of aliphatic carboxylic acids is 2. The van der Waals surface area contributed by atoms with Gasteiger partial charge in [0.05, 0.1) is 42.1 Å². The first-order valence-corrected chi connectivity index (χ1v) is 32.0. The second-order valence-corrected chi connectivity index (χ2v) is 25.5. The Hall–Kier alpha value is -8.37. The van der Waals surface area contributed by atoms with E-state index in [1.54, 1.807) is 75.8 Å². The number of fused-ring (bicyclic) bond motifs is 14. The minimum atomic E-state index is -1.31. The van der Waals surface area contributed by atoms with E-state index in [0.717, 1.165) is 45.3 Å². The number of aliphatic hydroxyl groups is 1. The predicted molar refractivity (Wildman–Crippen MR) is 326 cm³/mol. The summed E-state index contributed by atoms with van der Waals surface area (Å²) in [7, 11) is 2.87. The molecule has 3 atom stereocenters. The zero-order chi connectivity index (χ0) is 61.5. The molecule has 0 aliphatic carbocycles. The number of amides is 7. The Kier molecular flexibility index (Phi) is 19.5. The standard InChI is InChI=1S/C55H54N14O12S6/c1-26-40-47(77)67-54-66-42(35(87-54)21-81-3)46(76)57-20-38(71)64-43(44(74)27-9-5-4-6-10-27)52-62-34(24-84-52)50-60-32(22-83-50)41-29(48-61-33(23-82-48)45(75)59-31(19-37(70)56-2)51(65-40)86-26)12-13-30(58-41)49-63-36(25-85-49)69(16-8-7-11-39(72)73)55(80)68-17-14-28(15-18-68)53(78)79/h4-6,9-10,12-13,22-25,28,31,43-44,74H,7-8,11,14-21H2,1-3H3,(H,56,70)(H,57,76)(H,59,75)(H,64,71)(H,72,73)(H,78,79)(H,66,67,77)/t31-,43-,44-/m0/s1. The first-order chi connectivity index (χ1) is 41.9. The number of unbranched alkanes of at least 4 members (excludes halogenated alkanes) is 1. The number of benzene rings is 1. The summed E-state index contributed by atoms with van der Waals surface area (Å²) in [5, 5.41) is 52.9. The summed E-state index contributed by atoms with van der Waals surface area (Å²) in [5.74, 6) is -5.39. The van der Waals surface area contributed by atoms with E-state index in [9.17, 15) is 53.7 Å². The van der Waals surface area contributed by atoms with Gasteiger partial charge in [-0.1, -0.05) is 41.7 Å². The van der Waals surface area contributed by atoms with Crippen LogP contribution < -0.4 is 31.5 Å². The van der Waals surface area contributed by atoms with Crippen molar-refractivity contribution in [2.24, 2.45) is 5.92 Å². The number of hydrogen-bond acceptors (Lipinski definition) is 23. The number of piperidine rings is 1. The van der Waals surface area contributed by atoms with Crippen molar-refractivity contribution in [3.05, 3.63) is 106 Å². The van der Waals surface area contributed by atoms with Gasteiger partial charge in [-0.3, -0.25) is 43.8 Å². The van der Waals surface area contributed by atoms with Crippen LogP contribution >= 0.6 is 68.0 Å². The number of hydrogen-bond donors (Lipinski definition) is 8. The van der Waals surface area contributed by atoms with Gasteiger partial charge in [-0.2, -0.15) is 0 Å². The van der Waals surface area contributed by atoms with Crippen molar-refractivity contribution < 1.29 is 58.4 Å². The Labute approximate surface area is 519 Å². The van der Waals surface area contributed by atoms with E-state index >= 15 is 0 Å². The van der Waals surface area contributed by atoms with Crippen LogP contribution in [-0.4, -0.2) is 143 Å². The number of methoxy groups -OCH3 is 1. The zero-order valence-electron chi connectivity index (χ0n) is 46.4. The number of ether oxygens (including phenoxy) is 1. The highest BCUT2D eigenvalue weighted by atomic mass is 32.1. The molecule has 1 fully saturated rings. The molecule has 87 heavy (non-hydrogen) atoms. The van der Waals surface area contributed by atoms with Crippen molar-refractivity contribution in [1.82, 2.24) is 61.1 Å². The van der Waals surface area contributed by atoms with Crippen LogP contribution in [0, 0.1) is 12.8 Å². The number of rotatable bonds is 14. The van der Waals surface area contributed by atoms with Gasteiger partial charge in [0, 0.05) is 72.2 Å². The highest BCUT2D eigenvalue weighted by Gasteiger charge is 2.34. The summed E-state index contributed by atoms with van der Waals surface area (Å²) in [6.07, 6.45) is -0.462. The number of thiazole rings is 6. The van der Waals surface area contributed by atoms with Gasteiger partial charge in [0.1, 0.15) is 77.2 Å². The normalized spacial score (nSPS) is 16.3. The molecule has 0 spiro atoms. The monoisotopic (exact) mass is 1290 g/mol. The summed E-state index contributed by atoms with van der Waals surface area (Å²) < 4.78 is 5.34. The molecule has 32 heteroatoms. The molecule has 10 rings (SSSR count). The topological polar surface area (TPSA) is 363 Å². The number of anilines is 2. The van der Waals surface area contributed by atoms with E-state index in [0.29, 0.717) is 76.5 Å². The lowest BCUT2D eigenvalue weighted by molar-refractivity contribution is -0.143. The number of carboxylic acid groups (broad SMARTS) is 2. The van der Waals surface area contributed by atoms with Gasteiger partial charge in [-0.05, 0) is 50.3 Å². The van der Waals surface area contributed by atoms with Crippen LogP contribution in [0.3, 0.4) is 0 Å². The fraction of sp³-hybridized carbons (Fsp3) is 0.327. The van der Waals surface area contributed by atoms with Gasteiger partial charge < -0.3 is 46.2 Å². The second-order valence-electron chi connectivity index (χ2n) is 19.8. The molecular formula is C55H54N14O12S6. The molecule has 452 valence electrons. The molecule has 0 unspecified atom stereocenters. The molecule has 1 saturated heterocycles.